The number of rotatable bonds is 3. The second kappa shape index (κ2) is 5.77. The summed E-state index contributed by atoms with van der Waals surface area (Å²) in [5.41, 5.74) is 11.8. The first-order valence-corrected chi connectivity index (χ1v) is 8.67. The molecule has 0 atom stereocenters. The highest BCUT2D eigenvalue weighted by atomic mass is 15.2. The van der Waals surface area contributed by atoms with Gasteiger partial charge in [0.2, 0.25) is 5.78 Å². The van der Waals surface area contributed by atoms with Crippen LogP contribution in [-0.2, 0) is 6.54 Å². The molecule has 0 radical (unpaired) electrons. The molecule has 4 nitrogen and oxygen atoms in total. The predicted octanol–water partition coefficient (Wildman–Crippen LogP) is 4.59. The molecule has 0 spiro atoms. The Morgan fingerprint density at radius 2 is 1.35 bits per heavy atom. The predicted molar refractivity (Wildman–Crippen MR) is 106 cm³/mol. The maximum atomic E-state index is 6.53. The zero-order chi connectivity index (χ0) is 17.5. The summed E-state index contributed by atoms with van der Waals surface area (Å²) in [7, 11) is 0. The zero-order valence-electron chi connectivity index (χ0n) is 14.2. The average Bonchev–Trinajstić information content (AvgIpc) is 3.19. The molecule has 0 saturated carbocycles. The maximum Gasteiger partial charge on any atom is 0.217 e. The lowest BCUT2D eigenvalue weighted by atomic mass is 10.1. The monoisotopic (exact) mass is 338 g/mol. The van der Waals surface area contributed by atoms with E-state index in [0.717, 1.165) is 34.6 Å². The van der Waals surface area contributed by atoms with E-state index in [9.17, 15) is 0 Å². The first kappa shape index (κ1) is 14.8. The Balaban J connectivity index is 1.79. The number of hydrogen-bond acceptors (Lipinski definition) is 2. The van der Waals surface area contributed by atoms with Crippen molar-refractivity contribution in [2.45, 2.75) is 6.54 Å². The fraction of sp³-hybridized carbons (Fsp3) is 0.0455. The van der Waals surface area contributed by atoms with E-state index >= 15 is 0 Å². The topological polar surface area (TPSA) is 48.2 Å². The van der Waals surface area contributed by atoms with Crippen LogP contribution in [-0.4, -0.2) is 14.0 Å². The summed E-state index contributed by atoms with van der Waals surface area (Å²) in [6.07, 6.45) is 0. The second-order valence-electron chi connectivity index (χ2n) is 6.41. The van der Waals surface area contributed by atoms with Crippen molar-refractivity contribution >= 4 is 22.6 Å². The van der Waals surface area contributed by atoms with Gasteiger partial charge in [0.25, 0.3) is 0 Å². The number of nitrogen functional groups attached to an aromatic ring is 1. The van der Waals surface area contributed by atoms with E-state index in [4.69, 9.17) is 10.7 Å². The minimum Gasteiger partial charge on any atom is -0.383 e. The van der Waals surface area contributed by atoms with Gasteiger partial charge in [0.05, 0.1) is 17.6 Å². The molecule has 0 aliphatic rings. The summed E-state index contributed by atoms with van der Waals surface area (Å²) in [5, 5.41) is 0. The van der Waals surface area contributed by atoms with Crippen molar-refractivity contribution in [1.29, 1.82) is 0 Å². The molecule has 0 aliphatic carbocycles. The molecule has 126 valence electrons. The van der Waals surface area contributed by atoms with E-state index in [1.165, 1.54) is 5.56 Å². The lowest BCUT2D eigenvalue weighted by Crippen LogP contribution is -2.00. The van der Waals surface area contributed by atoms with Gasteiger partial charge >= 0.3 is 0 Å². The fourth-order valence-corrected chi connectivity index (χ4v) is 3.56. The van der Waals surface area contributed by atoms with Crippen LogP contribution in [0.2, 0.25) is 0 Å². The van der Waals surface area contributed by atoms with Gasteiger partial charge < -0.3 is 10.3 Å². The first-order chi connectivity index (χ1) is 12.8. The van der Waals surface area contributed by atoms with Gasteiger partial charge in [0.1, 0.15) is 11.5 Å². The molecule has 0 bridgehead atoms. The largest absolute Gasteiger partial charge is 0.383 e. The van der Waals surface area contributed by atoms with Gasteiger partial charge in [-0.15, -0.1) is 0 Å². The summed E-state index contributed by atoms with van der Waals surface area (Å²) in [6.45, 7) is 0.753. The molecule has 5 aromatic rings. The number of aromatic nitrogens is 3. The summed E-state index contributed by atoms with van der Waals surface area (Å²) >= 11 is 0. The Bertz CT molecular complexity index is 1200. The summed E-state index contributed by atoms with van der Waals surface area (Å²) < 4.78 is 4.29. The van der Waals surface area contributed by atoms with Gasteiger partial charge in [-0.3, -0.25) is 4.40 Å². The minimum atomic E-state index is 0.675. The molecule has 2 N–H and O–H groups in total. The molecule has 2 heterocycles. The quantitative estimate of drug-likeness (QED) is 0.523. The fourth-order valence-electron chi connectivity index (χ4n) is 3.56. The Morgan fingerprint density at radius 1 is 0.731 bits per heavy atom. The van der Waals surface area contributed by atoms with Crippen LogP contribution >= 0.6 is 0 Å². The van der Waals surface area contributed by atoms with Crippen LogP contribution in [0.25, 0.3) is 28.1 Å². The Morgan fingerprint density at radius 3 is 2.08 bits per heavy atom. The minimum absolute atomic E-state index is 0.675. The average molecular weight is 338 g/mol. The van der Waals surface area contributed by atoms with Crippen molar-refractivity contribution in [1.82, 2.24) is 14.0 Å². The van der Waals surface area contributed by atoms with Crippen LogP contribution in [0.3, 0.4) is 0 Å². The van der Waals surface area contributed by atoms with Crippen LogP contribution in [0, 0.1) is 0 Å². The Kier molecular flexibility index (Phi) is 3.28. The van der Waals surface area contributed by atoms with Gasteiger partial charge in [-0.25, -0.2) is 4.98 Å². The molecular formula is C22H18N4. The summed E-state index contributed by atoms with van der Waals surface area (Å²) in [6, 6.07) is 28.8. The van der Waals surface area contributed by atoms with Crippen LogP contribution in [0.15, 0.2) is 84.9 Å². The number of para-hydroxylation sites is 2. The lowest BCUT2D eigenvalue weighted by molar-refractivity contribution is 0.846. The van der Waals surface area contributed by atoms with E-state index in [-0.39, 0.29) is 0 Å². The van der Waals surface area contributed by atoms with Gasteiger partial charge in [-0.2, -0.15) is 0 Å². The van der Waals surface area contributed by atoms with Crippen LogP contribution in [0.4, 0.5) is 5.82 Å². The third kappa shape index (κ3) is 2.19. The third-order valence-corrected chi connectivity index (χ3v) is 4.78. The molecular weight excluding hydrogens is 320 g/mol. The number of nitrogens with two attached hydrogens (primary N) is 1. The number of nitrogens with zero attached hydrogens (tertiary/aromatic N) is 3. The molecule has 0 aliphatic heterocycles. The highest BCUT2D eigenvalue weighted by Gasteiger charge is 2.19. The Labute approximate surface area is 151 Å². The van der Waals surface area contributed by atoms with Crippen molar-refractivity contribution in [2.24, 2.45) is 0 Å². The van der Waals surface area contributed by atoms with Gasteiger partial charge in [0, 0.05) is 5.56 Å². The first-order valence-electron chi connectivity index (χ1n) is 8.67. The third-order valence-electron chi connectivity index (χ3n) is 4.78. The van der Waals surface area contributed by atoms with E-state index < -0.39 is 0 Å². The zero-order valence-corrected chi connectivity index (χ0v) is 14.2. The second-order valence-corrected chi connectivity index (χ2v) is 6.41. The van der Waals surface area contributed by atoms with Gasteiger partial charge in [-0.05, 0) is 17.7 Å². The molecule has 0 saturated heterocycles. The number of imidazole rings is 2. The maximum absolute atomic E-state index is 6.53. The van der Waals surface area contributed by atoms with Crippen molar-refractivity contribution in [3.63, 3.8) is 0 Å². The molecule has 0 unspecified atom stereocenters. The Hall–Kier alpha value is -3.53. The van der Waals surface area contributed by atoms with Crippen molar-refractivity contribution < 1.29 is 0 Å². The normalized spacial score (nSPS) is 11.4. The molecule has 3 aromatic carbocycles. The van der Waals surface area contributed by atoms with E-state index in [0.29, 0.717) is 5.82 Å². The molecule has 0 fully saturated rings. The SMILES string of the molecule is Nc1c(-c2ccccc2)nc2n(Cc3ccccc3)c3ccccc3n12. The van der Waals surface area contributed by atoms with Crippen LogP contribution in [0.5, 0.6) is 0 Å². The highest BCUT2D eigenvalue weighted by Crippen LogP contribution is 2.31. The highest BCUT2D eigenvalue weighted by molar-refractivity contribution is 5.87. The molecule has 0 amide bonds. The number of hydrogen-bond donors (Lipinski definition) is 1. The smallest absolute Gasteiger partial charge is 0.217 e. The molecule has 5 rings (SSSR count). The van der Waals surface area contributed by atoms with Gasteiger partial charge in [-0.1, -0.05) is 72.8 Å². The van der Waals surface area contributed by atoms with Crippen molar-refractivity contribution in [3.8, 4) is 11.3 Å². The van der Waals surface area contributed by atoms with Crippen molar-refractivity contribution in [3.05, 3.63) is 90.5 Å². The summed E-state index contributed by atoms with van der Waals surface area (Å²) in [4.78, 5) is 4.92. The van der Waals surface area contributed by atoms with E-state index in [1.807, 2.05) is 42.5 Å². The van der Waals surface area contributed by atoms with Gasteiger partial charge in [0.15, 0.2) is 0 Å². The van der Waals surface area contributed by atoms with E-state index in [2.05, 4.69) is 51.4 Å². The number of fused-ring (bicyclic) bond motifs is 3. The summed E-state index contributed by atoms with van der Waals surface area (Å²) in [5.74, 6) is 1.54. The van der Waals surface area contributed by atoms with Crippen LogP contribution in [0.1, 0.15) is 5.56 Å². The molecule has 26 heavy (non-hydrogen) atoms. The van der Waals surface area contributed by atoms with Crippen molar-refractivity contribution in [2.75, 3.05) is 5.73 Å². The number of anilines is 1. The van der Waals surface area contributed by atoms with E-state index in [1.54, 1.807) is 0 Å². The lowest BCUT2D eigenvalue weighted by Gasteiger charge is -2.05. The molecule has 4 heteroatoms. The van der Waals surface area contributed by atoms with Crippen LogP contribution < -0.4 is 5.73 Å². The number of benzene rings is 3. The molecule has 2 aromatic heterocycles. The standard InChI is InChI=1S/C22H18N4/c23-21-20(17-11-5-2-6-12-17)24-22-25(15-16-9-3-1-4-10-16)18-13-7-8-14-19(18)26(21)22/h1-14H,15,23H2.